The van der Waals surface area contributed by atoms with Gasteiger partial charge in [-0.05, 0) is 36.2 Å². The number of para-hydroxylation sites is 1. The van der Waals surface area contributed by atoms with Crippen molar-refractivity contribution < 1.29 is 9.52 Å². The Bertz CT molecular complexity index is 747. The van der Waals surface area contributed by atoms with Gasteiger partial charge in [0.15, 0.2) is 11.3 Å². The molecule has 19 heavy (non-hydrogen) atoms. The van der Waals surface area contributed by atoms with Gasteiger partial charge >= 0.3 is 0 Å². The number of hydrogen-bond acceptors (Lipinski definition) is 4. The normalized spacial score (nSPS) is 11.0. The minimum Gasteiger partial charge on any atom is -0.505 e. The van der Waals surface area contributed by atoms with E-state index in [1.165, 1.54) is 5.56 Å². The van der Waals surface area contributed by atoms with Crippen LogP contribution in [0.2, 0.25) is 0 Å². The number of phenols is 1. The minimum absolute atomic E-state index is 0.00442. The second-order valence-corrected chi connectivity index (χ2v) is 4.42. The van der Waals surface area contributed by atoms with E-state index >= 15 is 0 Å². The molecular formula is C15H14N2O2. The fourth-order valence-corrected chi connectivity index (χ4v) is 2.04. The van der Waals surface area contributed by atoms with Gasteiger partial charge in [-0.2, -0.15) is 0 Å². The molecule has 4 nitrogen and oxygen atoms in total. The zero-order chi connectivity index (χ0) is 13.4. The lowest BCUT2D eigenvalue weighted by Crippen LogP contribution is -1.87. The summed E-state index contributed by atoms with van der Waals surface area (Å²) in [4.78, 5) is 4.41. The maximum Gasteiger partial charge on any atom is 0.231 e. The van der Waals surface area contributed by atoms with Crippen LogP contribution in [0.4, 0.5) is 5.69 Å². The number of phenolic OH excluding ortho intramolecular Hbond substituents is 1. The van der Waals surface area contributed by atoms with E-state index in [2.05, 4.69) is 11.9 Å². The number of oxazole rings is 1. The Morgan fingerprint density at radius 1 is 1.26 bits per heavy atom. The topological polar surface area (TPSA) is 72.3 Å². The molecule has 2 aromatic carbocycles. The Hall–Kier alpha value is -2.49. The molecule has 3 aromatic rings. The molecule has 0 aliphatic rings. The molecule has 1 heterocycles. The molecule has 0 radical (unpaired) electrons. The number of rotatable bonds is 2. The van der Waals surface area contributed by atoms with Crippen LogP contribution >= 0.6 is 0 Å². The highest BCUT2D eigenvalue weighted by Crippen LogP contribution is 2.34. The van der Waals surface area contributed by atoms with Crippen LogP contribution in [0.3, 0.4) is 0 Å². The number of aromatic nitrogens is 1. The summed E-state index contributed by atoms with van der Waals surface area (Å²) in [5.74, 6) is 0.387. The lowest BCUT2D eigenvalue weighted by atomic mass is 10.1. The van der Waals surface area contributed by atoms with Gasteiger partial charge in [0.1, 0.15) is 5.52 Å². The highest BCUT2D eigenvalue weighted by atomic mass is 16.3. The molecule has 0 unspecified atom stereocenters. The van der Waals surface area contributed by atoms with Crippen molar-refractivity contribution >= 4 is 16.8 Å². The molecule has 0 saturated heterocycles. The molecule has 4 heteroatoms. The van der Waals surface area contributed by atoms with Crippen LogP contribution < -0.4 is 5.73 Å². The lowest BCUT2D eigenvalue weighted by Gasteiger charge is -2.02. The number of nitrogen functional groups attached to an aromatic ring is 1. The van der Waals surface area contributed by atoms with Crippen molar-refractivity contribution in [2.45, 2.75) is 13.3 Å². The first kappa shape index (κ1) is 11.6. The zero-order valence-electron chi connectivity index (χ0n) is 10.6. The molecule has 96 valence electrons. The summed E-state index contributed by atoms with van der Waals surface area (Å²) in [6.45, 7) is 2.09. The first-order valence-corrected chi connectivity index (χ1v) is 6.16. The van der Waals surface area contributed by atoms with E-state index in [1.54, 1.807) is 18.2 Å². The molecule has 0 spiro atoms. The number of fused-ring (bicyclic) bond motifs is 1. The summed E-state index contributed by atoms with van der Waals surface area (Å²) in [6.07, 6.45) is 0.946. The summed E-state index contributed by atoms with van der Waals surface area (Å²) >= 11 is 0. The molecule has 1 aromatic heterocycles. The van der Waals surface area contributed by atoms with Crippen LogP contribution in [0, 0.1) is 0 Å². The van der Waals surface area contributed by atoms with Gasteiger partial charge in [-0.3, -0.25) is 0 Å². The van der Waals surface area contributed by atoms with E-state index in [4.69, 9.17) is 10.2 Å². The van der Waals surface area contributed by atoms with Crippen LogP contribution in [0.1, 0.15) is 12.5 Å². The number of hydrogen-bond donors (Lipinski definition) is 2. The van der Waals surface area contributed by atoms with Crippen LogP contribution in [0.25, 0.3) is 22.6 Å². The predicted octanol–water partition coefficient (Wildman–Crippen LogP) is 3.35. The van der Waals surface area contributed by atoms with Gasteiger partial charge < -0.3 is 15.3 Å². The average Bonchev–Trinajstić information content (AvgIpc) is 2.84. The lowest BCUT2D eigenvalue weighted by molar-refractivity contribution is 0.476. The Morgan fingerprint density at radius 3 is 2.89 bits per heavy atom. The highest BCUT2D eigenvalue weighted by molar-refractivity contribution is 5.80. The van der Waals surface area contributed by atoms with Gasteiger partial charge in [0, 0.05) is 0 Å². The summed E-state index contributed by atoms with van der Waals surface area (Å²) in [5.41, 5.74) is 9.19. The third kappa shape index (κ3) is 1.91. The smallest absolute Gasteiger partial charge is 0.231 e. The molecular weight excluding hydrogens is 240 g/mol. The van der Waals surface area contributed by atoms with Gasteiger partial charge in [-0.25, -0.2) is 4.98 Å². The zero-order valence-corrected chi connectivity index (χ0v) is 10.6. The molecule has 0 bridgehead atoms. The Morgan fingerprint density at radius 2 is 2.11 bits per heavy atom. The van der Waals surface area contributed by atoms with Crippen LogP contribution in [-0.2, 0) is 6.42 Å². The predicted molar refractivity (Wildman–Crippen MR) is 74.9 cm³/mol. The second kappa shape index (κ2) is 4.31. The summed E-state index contributed by atoms with van der Waals surface area (Å²) in [7, 11) is 0. The Labute approximate surface area is 110 Å². The van der Waals surface area contributed by atoms with Crippen molar-refractivity contribution in [1.29, 1.82) is 0 Å². The van der Waals surface area contributed by atoms with Crippen LogP contribution in [0.15, 0.2) is 40.8 Å². The van der Waals surface area contributed by atoms with E-state index in [1.807, 2.05) is 18.2 Å². The molecule has 0 aliphatic heterocycles. The molecule has 0 atom stereocenters. The number of nitrogens with zero attached hydrogens (tertiary/aromatic N) is 1. The molecule has 3 rings (SSSR count). The largest absolute Gasteiger partial charge is 0.505 e. The number of benzene rings is 2. The number of anilines is 1. The maximum absolute atomic E-state index is 9.95. The first-order valence-electron chi connectivity index (χ1n) is 6.16. The summed E-state index contributed by atoms with van der Waals surface area (Å²) in [5, 5.41) is 9.95. The fourth-order valence-electron chi connectivity index (χ4n) is 2.04. The Balaban J connectivity index is 2.18. The SMILES string of the molecule is CCc1ccc2oc(-c3cccc(N)c3O)nc2c1. The van der Waals surface area contributed by atoms with Gasteiger partial charge in [0.2, 0.25) is 5.89 Å². The third-order valence-electron chi connectivity index (χ3n) is 3.16. The van der Waals surface area contributed by atoms with Crippen molar-refractivity contribution in [1.82, 2.24) is 4.98 Å². The molecule has 0 saturated carbocycles. The summed E-state index contributed by atoms with van der Waals surface area (Å²) in [6, 6.07) is 11.0. The average molecular weight is 254 g/mol. The fraction of sp³-hybridized carbons (Fsp3) is 0.133. The third-order valence-corrected chi connectivity index (χ3v) is 3.16. The van der Waals surface area contributed by atoms with Crippen molar-refractivity contribution in [3.05, 3.63) is 42.0 Å². The van der Waals surface area contributed by atoms with Crippen LogP contribution in [-0.4, -0.2) is 10.1 Å². The molecule has 0 amide bonds. The molecule has 0 aliphatic carbocycles. The summed E-state index contributed by atoms with van der Waals surface area (Å²) < 4.78 is 5.66. The van der Waals surface area contributed by atoms with E-state index in [0.29, 0.717) is 22.7 Å². The second-order valence-electron chi connectivity index (χ2n) is 4.42. The van der Waals surface area contributed by atoms with Crippen molar-refractivity contribution in [3.8, 4) is 17.2 Å². The Kier molecular flexibility index (Phi) is 2.63. The van der Waals surface area contributed by atoms with Gasteiger partial charge in [0.05, 0.1) is 11.3 Å². The van der Waals surface area contributed by atoms with E-state index in [9.17, 15) is 5.11 Å². The first-order chi connectivity index (χ1) is 9.19. The number of aryl methyl sites for hydroxylation is 1. The van der Waals surface area contributed by atoms with E-state index in [0.717, 1.165) is 11.9 Å². The minimum atomic E-state index is 0.00442. The number of aromatic hydroxyl groups is 1. The van der Waals surface area contributed by atoms with Gasteiger partial charge in [-0.15, -0.1) is 0 Å². The van der Waals surface area contributed by atoms with Crippen molar-refractivity contribution in [2.24, 2.45) is 0 Å². The molecule has 3 N–H and O–H groups in total. The maximum atomic E-state index is 9.95. The molecule has 0 fully saturated rings. The monoisotopic (exact) mass is 254 g/mol. The highest BCUT2D eigenvalue weighted by Gasteiger charge is 2.13. The van der Waals surface area contributed by atoms with Crippen molar-refractivity contribution in [3.63, 3.8) is 0 Å². The van der Waals surface area contributed by atoms with E-state index in [-0.39, 0.29) is 5.75 Å². The van der Waals surface area contributed by atoms with Crippen molar-refractivity contribution in [2.75, 3.05) is 5.73 Å². The van der Waals surface area contributed by atoms with Gasteiger partial charge in [0.25, 0.3) is 0 Å². The number of nitrogens with two attached hydrogens (primary N) is 1. The van der Waals surface area contributed by atoms with Crippen LogP contribution in [0.5, 0.6) is 5.75 Å². The quantitative estimate of drug-likeness (QED) is 0.543. The standard InChI is InChI=1S/C15H14N2O2/c1-2-9-6-7-13-12(8-9)17-15(19-13)10-4-3-5-11(16)14(10)18/h3-8,18H,2,16H2,1H3. The van der Waals surface area contributed by atoms with Gasteiger partial charge in [-0.1, -0.05) is 19.1 Å². The van der Waals surface area contributed by atoms with E-state index < -0.39 is 0 Å².